The maximum atomic E-state index is 10.4. The van der Waals surface area contributed by atoms with Gasteiger partial charge >= 0.3 is 0 Å². The molecule has 3 nitrogen and oxygen atoms in total. The van der Waals surface area contributed by atoms with Crippen LogP contribution >= 0.6 is 0 Å². The molecule has 0 saturated carbocycles. The molecular formula is C8H11NO2. The van der Waals surface area contributed by atoms with E-state index >= 15 is 0 Å². The topological polar surface area (TPSA) is 31.2 Å². The normalized spacial score (nSPS) is 12.9. The number of carbonyl (C=O) groups is 1. The zero-order valence-corrected chi connectivity index (χ0v) is 6.65. The highest BCUT2D eigenvalue weighted by Gasteiger charge is 2.04. The van der Waals surface area contributed by atoms with Crippen molar-refractivity contribution in [2.75, 3.05) is 7.11 Å². The molecule has 0 bridgehead atoms. The maximum Gasteiger partial charge on any atom is 0.166 e. The Hall–Kier alpha value is -1.09. The molecule has 0 aliphatic heterocycles. The molecule has 1 unspecified atom stereocenters. The monoisotopic (exact) mass is 153 g/mol. The van der Waals surface area contributed by atoms with Gasteiger partial charge in [0.2, 0.25) is 0 Å². The Morgan fingerprint density at radius 2 is 2.45 bits per heavy atom. The van der Waals surface area contributed by atoms with Gasteiger partial charge in [-0.15, -0.1) is 0 Å². The fraction of sp³-hybridized carbons (Fsp3) is 0.375. The van der Waals surface area contributed by atoms with Crippen molar-refractivity contribution in [1.82, 2.24) is 4.57 Å². The van der Waals surface area contributed by atoms with E-state index in [1.807, 2.05) is 19.2 Å². The molecule has 1 aromatic rings. The van der Waals surface area contributed by atoms with Gasteiger partial charge in [-0.25, -0.2) is 0 Å². The number of ether oxygens (including phenoxy) is 1. The van der Waals surface area contributed by atoms with Crippen molar-refractivity contribution in [1.29, 1.82) is 0 Å². The molecule has 0 amide bonds. The van der Waals surface area contributed by atoms with Gasteiger partial charge < -0.3 is 9.30 Å². The predicted octanol–water partition coefficient (Wildman–Crippen LogP) is 1.47. The van der Waals surface area contributed by atoms with Crippen molar-refractivity contribution in [2.45, 2.75) is 13.2 Å². The second-order valence-corrected chi connectivity index (χ2v) is 2.29. The summed E-state index contributed by atoms with van der Waals surface area (Å²) in [5.74, 6) is 0. The standard InChI is InChI=1S/C8H11NO2/c1-7(11-2)9-5-3-4-8(9)6-10/h3-7H,1-2H3. The third-order valence-electron chi connectivity index (χ3n) is 1.67. The van der Waals surface area contributed by atoms with Crippen molar-refractivity contribution in [3.05, 3.63) is 24.0 Å². The molecule has 60 valence electrons. The summed E-state index contributed by atoms with van der Waals surface area (Å²) in [5.41, 5.74) is 0.638. The summed E-state index contributed by atoms with van der Waals surface area (Å²) in [5, 5.41) is 0. The third kappa shape index (κ3) is 1.49. The van der Waals surface area contributed by atoms with E-state index in [1.165, 1.54) is 0 Å². The number of hydrogen-bond donors (Lipinski definition) is 0. The first-order chi connectivity index (χ1) is 5.29. The van der Waals surface area contributed by atoms with Crippen LogP contribution in [0.1, 0.15) is 23.6 Å². The minimum atomic E-state index is -0.0785. The van der Waals surface area contributed by atoms with Crippen LogP contribution in [0.3, 0.4) is 0 Å². The molecule has 1 rings (SSSR count). The van der Waals surface area contributed by atoms with Crippen LogP contribution in [-0.2, 0) is 4.74 Å². The molecule has 0 radical (unpaired) electrons. The second-order valence-electron chi connectivity index (χ2n) is 2.29. The molecule has 0 saturated heterocycles. The van der Waals surface area contributed by atoms with Gasteiger partial charge in [0, 0.05) is 13.3 Å². The number of carbonyl (C=O) groups excluding carboxylic acids is 1. The summed E-state index contributed by atoms with van der Waals surface area (Å²) in [4.78, 5) is 10.4. The Bertz CT molecular complexity index is 242. The van der Waals surface area contributed by atoms with Crippen LogP contribution in [0.2, 0.25) is 0 Å². The van der Waals surface area contributed by atoms with Gasteiger partial charge in [0.15, 0.2) is 6.29 Å². The summed E-state index contributed by atoms with van der Waals surface area (Å²) < 4.78 is 6.81. The van der Waals surface area contributed by atoms with Gasteiger partial charge in [-0.1, -0.05) is 0 Å². The molecule has 0 aliphatic carbocycles. The summed E-state index contributed by atoms with van der Waals surface area (Å²) in [7, 11) is 1.61. The number of rotatable bonds is 3. The molecule has 0 aliphatic rings. The summed E-state index contributed by atoms with van der Waals surface area (Å²) >= 11 is 0. The van der Waals surface area contributed by atoms with E-state index in [0.29, 0.717) is 5.69 Å². The van der Waals surface area contributed by atoms with Gasteiger partial charge in [0.25, 0.3) is 0 Å². The summed E-state index contributed by atoms with van der Waals surface area (Å²) in [6, 6.07) is 3.57. The Morgan fingerprint density at radius 3 is 3.00 bits per heavy atom. The van der Waals surface area contributed by atoms with E-state index in [0.717, 1.165) is 6.29 Å². The zero-order chi connectivity index (χ0) is 8.27. The van der Waals surface area contributed by atoms with Crippen molar-refractivity contribution in [2.24, 2.45) is 0 Å². The fourth-order valence-electron chi connectivity index (χ4n) is 0.951. The van der Waals surface area contributed by atoms with Crippen molar-refractivity contribution >= 4 is 6.29 Å². The predicted molar refractivity (Wildman–Crippen MR) is 41.5 cm³/mol. The zero-order valence-electron chi connectivity index (χ0n) is 6.65. The van der Waals surface area contributed by atoms with Gasteiger partial charge in [-0.05, 0) is 19.1 Å². The van der Waals surface area contributed by atoms with Crippen molar-refractivity contribution < 1.29 is 9.53 Å². The second kappa shape index (κ2) is 3.34. The van der Waals surface area contributed by atoms with E-state index < -0.39 is 0 Å². The first-order valence-electron chi connectivity index (χ1n) is 3.44. The lowest BCUT2D eigenvalue weighted by Crippen LogP contribution is -2.08. The van der Waals surface area contributed by atoms with E-state index in [9.17, 15) is 4.79 Å². The molecule has 1 heterocycles. The van der Waals surface area contributed by atoms with Crippen LogP contribution in [0.15, 0.2) is 18.3 Å². The van der Waals surface area contributed by atoms with E-state index in [2.05, 4.69) is 0 Å². The summed E-state index contributed by atoms with van der Waals surface area (Å²) in [6.45, 7) is 1.88. The number of methoxy groups -OCH3 is 1. The molecule has 3 heteroatoms. The largest absolute Gasteiger partial charge is 0.362 e. The Morgan fingerprint density at radius 1 is 1.73 bits per heavy atom. The first-order valence-corrected chi connectivity index (χ1v) is 3.44. The van der Waals surface area contributed by atoms with E-state index in [-0.39, 0.29) is 6.23 Å². The highest BCUT2D eigenvalue weighted by Crippen LogP contribution is 2.09. The van der Waals surface area contributed by atoms with Gasteiger partial charge in [0.05, 0.1) is 5.69 Å². The van der Waals surface area contributed by atoms with Crippen LogP contribution in [0.4, 0.5) is 0 Å². The molecular weight excluding hydrogens is 142 g/mol. The summed E-state index contributed by atoms with van der Waals surface area (Å²) in [6.07, 6.45) is 2.55. The molecule has 0 fully saturated rings. The highest BCUT2D eigenvalue weighted by atomic mass is 16.5. The third-order valence-corrected chi connectivity index (χ3v) is 1.67. The van der Waals surface area contributed by atoms with Crippen LogP contribution in [-0.4, -0.2) is 18.0 Å². The average Bonchev–Trinajstić information content (AvgIpc) is 2.50. The quantitative estimate of drug-likeness (QED) is 0.615. The molecule has 0 spiro atoms. The van der Waals surface area contributed by atoms with Crippen LogP contribution in [0.25, 0.3) is 0 Å². The number of aldehydes is 1. The molecule has 11 heavy (non-hydrogen) atoms. The number of nitrogens with zero attached hydrogens (tertiary/aromatic N) is 1. The minimum absolute atomic E-state index is 0.0785. The van der Waals surface area contributed by atoms with Crippen molar-refractivity contribution in [3.8, 4) is 0 Å². The lowest BCUT2D eigenvalue weighted by molar-refractivity contribution is 0.0584. The van der Waals surface area contributed by atoms with E-state index in [1.54, 1.807) is 17.7 Å². The molecule has 0 aromatic carbocycles. The SMILES string of the molecule is COC(C)n1cccc1C=O. The molecule has 0 N–H and O–H groups in total. The Labute approximate surface area is 65.6 Å². The van der Waals surface area contributed by atoms with Crippen LogP contribution in [0, 0.1) is 0 Å². The number of aromatic nitrogens is 1. The fourth-order valence-corrected chi connectivity index (χ4v) is 0.951. The van der Waals surface area contributed by atoms with Gasteiger partial charge in [0.1, 0.15) is 6.23 Å². The van der Waals surface area contributed by atoms with E-state index in [4.69, 9.17) is 4.74 Å². The average molecular weight is 153 g/mol. The minimum Gasteiger partial charge on any atom is -0.362 e. The smallest absolute Gasteiger partial charge is 0.166 e. The Balaban J connectivity index is 2.92. The number of hydrogen-bond acceptors (Lipinski definition) is 2. The van der Waals surface area contributed by atoms with Crippen molar-refractivity contribution in [3.63, 3.8) is 0 Å². The molecule has 1 aromatic heterocycles. The van der Waals surface area contributed by atoms with Crippen LogP contribution in [0.5, 0.6) is 0 Å². The lowest BCUT2D eigenvalue weighted by atomic mass is 10.4. The maximum absolute atomic E-state index is 10.4. The lowest BCUT2D eigenvalue weighted by Gasteiger charge is -2.12. The van der Waals surface area contributed by atoms with Gasteiger partial charge in [-0.3, -0.25) is 4.79 Å². The van der Waals surface area contributed by atoms with Crippen LogP contribution < -0.4 is 0 Å². The molecule has 1 atom stereocenters. The Kier molecular flexibility index (Phi) is 2.44. The highest BCUT2D eigenvalue weighted by molar-refractivity contribution is 5.72. The van der Waals surface area contributed by atoms with Gasteiger partial charge in [-0.2, -0.15) is 0 Å². The first kappa shape index (κ1) is 8.01.